The summed E-state index contributed by atoms with van der Waals surface area (Å²) in [6, 6.07) is 6.33. The fourth-order valence-corrected chi connectivity index (χ4v) is 2.54. The molecule has 0 radical (unpaired) electrons. The molecule has 1 N–H and O–H groups in total. The van der Waals surface area contributed by atoms with E-state index in [-0.39, 0.29) is 11.9 Å². The molecule has 2 aliphatic rings. The van der Waals surface area contributed by atoms with Crippen LogP contribution in [0.1, 0.15) is 18.4 Å². The monoisotopic (exact) mass is 202 g/mol. The maximum absolute atomic E-state index is 11.8. The highest BCUT2D eigenvalue weighted by Gasteiger charge is 2.35. The van der Waals surface area contributed by atoms with Gasteiger partial charge in [-0.25, -0.2) is 0 Å². The van der Waals surface area contributed by atoms with Gasteiger partial charge in [0.1, 0.15) is 6.04 Å². The number of hydrogen-bond donors (Lipinski definition) is 1. The Morgan fingerprint density at radius 2 is 2.33 bits per heavy atom. The number of rotatable bonds is 0. The highest BCUT2D eigenvalue weighted by Crippen LogP contribution is 2.36. The topological polar surface area (TPSA) is 32.3 Å². The van der Waals surface area contributed by atoms with E-state index >= 15 is 0 Å². The number of fused-ring (bicyclic) bond motifs is 3. The van der Waals surface area contributed by atoms with Crippen LogP contribution in [-0.2, 0) is 4.79 Å². The first-order chi connectivity index (χ1) is 7.25. The average Bonchev–Trinajstić information content (AvgIpc) is 2.66. The van der Waals surface area contributed by atoms with E-state index in [1.165, 1.54) is 11.3 Å². The number of nitrogens with one attached hydrogen (secondary N) is 1. The fourth-order valence-electron chi connectivity index (χ4n) is 2.54. The third kappa shape index (κ3) is 1.23. The van der Waals surface area contributed by atoms with Crippen LogP contribution in [0, 0.1) is 6.92 Å². The lowest BCUT2D eigenvalue weighted by Gasteiger charge is -2.33. The van der Waals surface area contributed by atoms with Gasteiger partial charge in [0.2, 0.25) is 5.91 Å². The number of amides is 1. The molecule has 1 saturated heterocycles. The molecule has 15 heavy (non-hydrogen) atoms. The molecule has 3 heteroatoms. The number of benzene rings is 1. The van der Waals surface area contributed by atoms with Gasteiger partial charge in [0.25, 0.3) is 0 Å². The van der Waals surface area contributed by atoms with Crippen molar-refractivity contribution in [1.82, 2.24) is 0 Å². The molecule has 0 aliphatic carbocycles. The Morgan fingerprint density at radius 1 is 1.47 bits per heavy atom. The minimum absolute atomic E-state index is 0.0696. The maximum atomic E-state index is 11.8. The molecule has 3 nitrogen and oxygen atoms in total. The molecule has 2 aliphatic heterocycles. The summed E-state index contributed by atoms with van der Waals surface area (Å²) in [7, 11) is 0. The number of nitrogens with zero attached hydrogens (tertiary/aromatic N) is 1. The molecule has 1 atom stereocenters. The molecule has 0 aromatic heterocycles. The predicted octanol–water partition coefficient (Wildman–Crippen LogP) is 1.92. The smallest absolute Gasteiger partial charge is 0.247 e. The molecule has 1 fully saturated rings. The zero-order valence-electron chi connectivity index (χ0n) is 8.79. The highest BCUT2D eigenvalue weighted by atomic mass is 16.2. The van der Waals surface area contributed by atoms with E-state index in [4.69, 9.17) is 0 Å². The number of aryl methyl sites for hydroxylation is 1. The van der Waals surface area contributed by atoms with Crippen LogP contribution in [0.25, 0.3) is 0 Å². The van der Waals surface area contributed by atoms with Gasteiger partial charge in [-0.3, -0.25) is 4.79 Å². The Bertz CT molecular complexity index is 428. The van der Waals surface area contributed by atoms with Crippen molar-refractivity contribution in [3.63, 3.8) is 0 Å². The van der Waals surface area contributed by atoms with Crippen molar-refractivity contribution in [2.24, 2.45) is 0 Å². The second-order valence-electron chi connectivity index (χ2n) is 4.36. The van der Waals surface area contributed by atoms with Crippen molar-refractivity contribution < 1.29 is 4.79 Å². The number of carbonyl (C=O) groups excluding carboxylic acids is 1. The summed E-state index contributed by atoms with van der Waals surface area (Å²) in [4.78, 5) is 14.0. The Kier molecular flexibility index (Phi) is 1.75. The van der Waals surface area contributed by atoms with Gasteiger partial charge in [0.05, 0.1) is 11.4 Å². The maximum Gasteiger partial charge on any atom is 0.247 e. The van der Waals surface area contributed by atoms with Crippen molar-refractivity contribution in [3.05, 3.63) is 23.8 Å². The van der Waals surface area contributed by atoms with Crippen LogP contribution in [-0.4, -0.2) is 18.5 Å². The van der Waals surface area contributed by atoms with E-state index in [0.29, 0.717) is 0 Å². The first kappa shape index (κ1) is 8.77. The Labute approximate surface area is 89.1 Å². The largest absolute Gasteiger partial charge is 0.358 e. The molecule has 78 valence electrons. The van der Waals surface area contributed by atoms with E-state index in [2.05, 4.69) is 22.3 Å². The van der Waals surface area contributed by atoms with E-state index in [1.807, 2.05) is 13.0 Å². The van der Waals surface area contributed by atoms with Crippen LogP contribution in [0.15, 0.2) is 18.2 Å². The van der Waals surface area contributed by atoms with Gasteiger partial charge < -0.3 is 10.2 Å². The molecular weight excluding hydrogens is 188 g/mol. The predicted molar refractivity (Wildman–Crippen MR) is 60.2 cm³/mol. The SMILES string of the molecule is Cc1ccc2c(c1)NC(=O)C1CCCN21. The summed E-state index contributed by atoms with van der Waals surface area (Å²) < 4.78 is 0. The molecule has 1 unspecified atom stereocenters. The van der Waals surface area contributed by atoms with Crippen LogP contribution in [0.3, 0.4) is 0 Å². The summed E-state index contributed by atoms with van der Waals surface area (Å²) in [6.07, 6.45) is 2.10. The van der Waals surface area contributed by atoms with Crippen molar-refractivity contribution >= 4 is 17.3 Å². The zero-order valence-corrected chi connectivity index (χ0v) is 8.79. The lowest BCUT2D eigenvalue weighted by atomic mass is 10.1. The van der Waals surface area contributed by atoms with Crippen LogP contribution < -0.4 is 10.2 Å². The Morgan fingerprint density at radius 3 is 3.20 bits per heavy atom. The van der Waals surface area contributed by atoms with Gasteiger partial charge in [0, 0.05) is 6.54 Å². The lowest BCUT2D eigenvalue weighted by molar-refractivity contribution is -0.117. The summed E-state index contributed by atoms with van der Waals surface area (Å²) in [5.74, 6) is 0.158. The molecule has 1 aromatic carbocycles. The van der Waals surface area contributed by atoms with Gasteiger partial charge in [-0.1, -0.05) is 6.07 Å². The van der Waals surface area contributed by atoms with Crippen molar-refractivity contribution in [3.8, 4) is 0 Å². The van der Waals surface area contributed by atoms with E-state index < -0.39 is 0 Å². The van der Waals surface area contributed by atoms with Gasteiger partial charge >= 0.3 is 0 Å². The molecule has 2 heterocycles. The van der Waals surface area contributed by atoms with Crippen LogP contribution in [0.5, 0.6) is 0 Å². The van der Waals surface area contributed by atoms with Gasteiger partial charge in [-0.2, -0.15) is 0 Å². The zero-order chi connectivity index (χ0) is 10.4. The second-order valence-corrected chi connectivity index (χ2v) is 4.36. The summed E-state index contributed by atoms with van der Waals surface area (Å²) in [6.45, 7) is 3.05. The quantitative estimate of drug-likeness (QED) is 0.697. The first-order valence-corrected chi connectivity index (χ1v) is 5.44. The lowest BCUT2D eigenvalue weighted by Crippen LogP contribution is -2.43. The third-order valence-electron chi connectivity index (χ3n) is 3.27. The van der Waals surface area contributed by atoms with Crippen molar-refractivity contribution in [2.75, 3.05) is 16.8 Å². The Balaban J connectivity index is 2.11. The molecular formula is C12H14N2O. The third-order valence-corrected chi connectivity index (χ3v) is 3.27. The van der Waals surface area contributed by atoms with Crippen LogP contribution in [0.2, 0.25) is 0 Å². The van der Waals surface area contributed by atoms with Crippen molar-refractivity contribution in [1.29, 1.82) is 0 Å². The summed E-state index contributed by atoms with van der Waals surface area (Å²) in [5.41, 5.74) is 3.34. The number of hydrogen-bond acceptors (Lipinski definition) is 2. The van der Waals surface area contributed by atoms with Gasteiger partial charge in [0.15, 0.2) is 0 Å². The summed E-state index contributed by atoms with van der Waals surface area (Å²) in [5, 5.41) is 2.99. The van der Waals surface area contributed by atoms with Crippen molar-refractivity contribution in [2.45, 2.75) is 25.8 Å². The van der Waals surface area contributed by atoms with Crippen LogP contribution in [0.4, 0.5) is 11.4 Å². The molecule has 0 spiro atoms. The average molecular weight is 202 g/mol. The van der Waals surface area contributed by atoms with E-state index in [9.17, 15) is 4.79 Å². The second kappa shape index (κ2) is 2.99. The molecule has 0 bridgehead atoms. The number of carbonyl (C=O) groups is 1. The van der Waals surface area contributed by atoms with Crippen LogP contribution >= 0.6 is 0 Å². The van der Waals surface area contributed by atoms with Gasteiger partial charge in [-0.05, 0) is 37.5 Å². The standard InChI is InChI=1S/C12H14N2O/c1-8-4-5-10-9(7-8)13-12(15)11-3-2-6-14(10)11/h4-5,7,11H,2-3,6H2,1H3,(H,13,15). The molecule has 1 aromatic rings. The number of anilines is 2. The summed E-state index contributed by atoms with van der Waals surface area (Å²) >= 11 is 0. The fraction of sp³-hybridized carbons (Fsp3) is 0.417. The first-order valence-electron chi connectivity index (χ1n) is 5.44. The normalized spacial score (nSPS) is 23.4. The molecule has 0 saturated carbocycles. The Hall–Kier alpha value is -1.51. The molecule has 3 rings (SSSR count). The van der Waals surface area contributed by atoms with Gasteiger partial charge in [-0.15, -0.1) is 0 Å². The molecule has 1 amide bonds. The van der Waals surface area contributed by atoms with E-state index in [0.717, 1.165) is 25.1 Å². The minimum Gasteiger partial charge on any atom is -0.358 e. The minimum atomic E-state index is 0.0696. The van der Waals surface area contributed by atoms with E-state index in [1.54, 1.807) is 0 Å². The highest BCUT2D eigenvalue weighted by molar-refractivity contribution is 6.04.